The van der Waals surface area contributed by atoms with Gasteiger partial charge in [0.1, 0.15) is 5.01 Å². The van der Waals surface area contributed by atoms with E-state index in [1.54, 1.807) is 0 Å². The number of rotatable bonds is 9. The Balaban J connectivity index is 1.85. The van der Waals surface area contributed by atoms with Crippen LogP contribution in [-0.4, -0.2) is 36.0 Å². The summed E-state index contributed by atoms with van der Waals surface area (Å²) in [4.78, 5) is 21.7. The van der Waals surface area contributed by atoms with Gasteiger partial charge < -0.3 is 5.32 Å². The molecule has 0 unspecified atom stereocenters. The number of nitro groups is 1. The molecular formula is C14H17N5O5S2. The van der Waals surface area contributed by atoms with E-state index in [1.165, 1.54) is 11.3 Å². The largest absolute Gasteiger partial charge is 0.300 e. The molecule has 10 nitrogen and oxygen atoms in total. The highest BCUT2D eigenvalue weighted by molar-refractivity contribution is 7.89. The third-order valence-corrected chi connectivity index (χ3v) is 5.55. The van der Waals surface area contributed by atoms with Gasteiger partial charge in [-0.1, -0.05) is 18.3 Å². The zero-order valence-electron chi connectivity index (χ0n) is 13.8. The standard InChI is InChI=1S/C14H17N5O5S2/c1-2-3-13-17-18-14(25-13)16-12(20)8-9-15-26(23,24)11-6-4-10(5-7-11)19(21)22/h4-7,15H,2-3,8-9H2,1H3,(H,16,18,20). The molecule has 12 heteroatoms. The number of aromatic nitrogens is 2. The lowest BCUT2D eigenvalue weighted by Gasteiger charge is -2.06. The average molecular weight is 399 g/mol. The second-order valence-electron chi connectivity index (χ2n) is 5.20. The number of carbonyl (C=O) groups is 1. The Morgan fingerprint density at radius 2 is 1.96 bits per heavy atom. The number of nitro benzene ring substituents is 1. The van der Waals surface area contributed by atoms with Crippen molar-refractivity contribution in [2.45, 2.75) is 31.1 Å². The van der Waals surface area contributed by atoms with Crippen LogP contribution in [0.4, 0.5) is 10.8 Å². The van der Waals surface area contributed by atoms with E-state index in [-0.39, 0.29) is 23.5 Å². The lowest BCUT2D eigenvalue weighted by molar-refractivity contribution is -0.384. The Kier molecular flexibility index (Phi) is 6.71. The van der Waals surface area contributed by atoms with Crippen LogP contribution in [0.2, 0.25) is 0 Å². The minimum Gasteiger partial charge on any atom is -0.300 e. The molecule has 2 aromatic rings. The molecule has 1 heterocycles. The number of anilines is 1. The summed E-state index contributed by atoms with van der Waals surface area (Å²) >= 11 is 1.28. The van der Waals surface area contributed by atoms with Gasteiger partial charge in [0, 0.05) is 31.5 Å². The number of benzene rings is 1. The highest BCUT2D eigenvalue weighted by Gasteiger charge is 2.16. The number of nitrogens with one attached hydrogen (secondary N) is 2. The Morgan fingerprint density at radius 3 is 2.58 bits per heavy atom. The predicted molar refractivity (Wildman–Crippen MR) is 95.4 cm³/mol. The summed E-state index contributed by atoms with van der Waals surface area (Å²) in [5.41, 5.74) is -0.206. The van der Waals surface area contributed by atoms with E-state index >= 15 is 0 Å². The maximum absolute atomic E-state index is 12.1. The first-order valence-corrected chi connectivity index (χ1v) is 9.98. The van der Waals surface area contributed by atoms with Gasteiger partial charge in [0.25, 0.3) is 5.69 Å². The third-order valence-electron chi connectivity index (χ3n) is 3.18. The molecule has 140 valence electrons. The monoisotopic (exact) mass is 399 g/mol. The van der Waals surface area contributed by atoms with Crippen molar-refractivity contribution in [3.05, 3.63) is 39.4 Å². The van der Waals surface area contributed by atoms with E-state index in [0.29, 0.717) is 5.13 Å². The molecule has 1 aromatic heterocycles. The fourth-order valence-corrected chi connectivity index (χ4v) is 3.82. The van der Waals surface area contributed by atoms with Gasteiger partial charge in [0.2, 0.25) is 21.1 Å². The number of amides is 1. The topological polar surface area (TPSA) is 144 Å². The molecular weight excluding hydrogens is 382 g/mol. The number of non-ortho nitro benzene ring substituents is 1. The summed E-state index contributed by atoms with van der Waals surface area (Å²) in [5.74, 6) is -0.393. The Labute approximate surface area is 153 Å². The van der Waals surface area contributed by atoms with Gasteiger partial charge in [-0.25, -0.2) is 13.1 Å². The zero-order valence-corrected chi connectivity index (χ0v) is 15.5. The van der Waals surface area contributed by atoms with E-state index < -0.39 is 20.9 Å². The first-order valence-electron chi connectivity index (χ1n) is 7.68. The second kappa shape index (κ2) is 8.78. The van der Waals surface area contributed by atoms with Crippen molar-refractivity contribution in [1.82, 2.24) is 14.9 Å². The number of hydrogen-bond acceptors (Lipinski definition) is 8. The first kappa shape index (κ1) is 19.9. The molecule has 2 rings (SSSR count). The van der Waals surface area contributed by atoms with Crippen LogP contribution in [0.3, 0.4) is 0 Å². The number of carbonyl (C=O) groups excluding carboxylic acids is 1. The summed E-state index contributed by atoms with van der Waals surface area (Å²) in [5, 5.41) is 22.1. The van der Waals surface area contributed by atoms with E-state index in [1.807, 2.05) is 6.92 Å². The van der Waals surface area contributed by atoms with Crippen LogP contribution in [0.5, 0.6) is 0 Å². The summed E-state index contributed by atoms with van der Waals surface area (Å²) in [6.45, 7) is 1.89. The Bertz CT molecular complexity index is 879. The van der Waals surface area contributed by atoms with Gasteiger partial charge in [-0.3, -0.25) is 14.9 Å². The summed E-state index contributed by atoms with van der Waals surface area (Å²) in [6, 6.07) is 4.48. The van der Waals surface area contributed by atoms with Crippen LogP contribution in [0.25, 0.3) is 0 Å². The predicted octanol–water partition coefficient (Wildman–Crippen LogP) is 1.71. The van der Waals surface area contributed by atoms with E-state index in [2.05, 4.69) is 20.2 Å². The summed E-state index contributed by atoms with van der Waals surface area (Å²) < 4.78 is 26.5. The molecule has 0 fully saturated rings. The van der Waals surface area contributed by atoms with Crippen molar-refractivity contribution in [2.75, 3.05) is 11.9 Å². The van der Waals surface area contributed by atoms with Gasteiger partial charge in [0.15, 0.2) is 0 Å². The molecule has 2 N–H and O–H groups in total. The lowest BCUT2D eigenvalue weighted by atomic mass is 10.3. The van der Waals surface area contributed by atoms with E-state index in [0.717, 1.165) is 42.1 Å². The van der Waals surface area contributed by atoms with Gasteiger partial charge >= 0.3 is 0 Å². The number of aryl methyl sites for hydroxylation is 1. The van der Waals surface area contributed by atoms with Crippen molar-refractivity contribution in [1.29, 1.82) is 0 Å². The smallest absolute Gasteiger partial charge is 0.269 e. The lowest BCUT2D eigenvalue weighted by Crippen LogP contribution is -2.27. The summed E-state index contributed by atoms with van der Waals surface area (Å²) in [6.07, 6.45) is 1.62. The molecule has 0 atom stereocenters. The van der Waals surface area contributed by atoms with E-state index in [4.69, 9.17) is 0 Å². The van der Waals surface area contributed by atoms with Crippen molar-refractivity contribution < 1.29 is 18.1 Å². The third kappa shape index (κ3) is 5.54. The molecule has 0 radical (unpaired) electrons. The molecule has 0 saturated heterocycles. The fraction of sp³-hybridized carbons (Fsp3) is 0.357. The van der Waals surface area contributed by atoms with Crippen molar-refractivity contribution >= 4 is 38.1 Å². The fourth-order valence-electron chi connectivity index (χ4n) is 1.93. The molecule has 26 heavy (non-hydrogen) atoms. The van der Waals surface area contributed by atoms with Gasteiger partial charge in [-0.2, -0.15) is 0 Å². The van der Waals surface area contributed by atoms with Crippen LogP contribution in [0, 0.1) is 10.1 Å². The van der Waals surface area contributed by atoms with E-state index in [9.17, 15) is 23.3 Å². The van der Waals surface area contributed by atoms with Gasteiger partial charge in [0.05, 0.1) is 9.82 Å². The summed E-state index contributed by atoms with van der Waals surface area (Å²) in [7, 11) is -3.85. The molecule has 1 amide bonds. The number of hydrogen-bond donors (Lipinski definition) is 2. The van der Waals surface area contributed by atoms with Crippen LogP contribution in [0.15, 0.2) is 29.2 Å². The van der Waals surface area contributed by atoms with Crippen molar-refractivity contribution in [2.24, 2.45) is 0 Å². The molecule has 0 bridgehead atoms. The molecule has 0 aliphatic heterocycles. The minimum absolute atomic E-state index is 0.0884. The number of sulfonamides is 1. The van der Waals surface area contributed by atoms with Gasteiger partial charge in [-0.15, -0.1) is 10.2 Å². The zero-order chi connectivity index (χ0) is 19.2. The molecule has 0 spiro atoms. The van der Waals surface area contributed by atoms with Crippen LogP contribution < -0.4 is 10.0 Å². The average Bonchev–Trinajstić information content (AvgIpc) is 3.02. The quantitative estimate of drug-likeness (QED) is 0.482. The molecule has 0 saturated carbocycles. The molecule has 0 aliphatic carbocycles. The highest BCUT2D eigenvalue weighted by atomic mass is 32.2. The first-order chi connectivity index (χ1) is 12.3. The Hall–Kier alpha value is -2.44. The Morgan fingerprint density at radius 1 is 1.27 bits per heavy atom. The molecule has 0 aliphatic rings. The minimum atomic E-state index is -3.85. The second-order valence-corrected chi connectivity index (χ2v) is 8.03. The van der Waals surface area contributed by atoms with Crippen molar-refractivity contribution in [3.63, 3.8) is 0 Å². The van der Waals surface area contributed by atoms with Gasteiger partial charge in [-0.05, 0) is 18.6 Å². The van der Waals surface area contributed by atoms with Crippen molar-refractivity contribution in [3.8, 4) is 0 Å². The highest BCUT2D eigenvalue weighted by Crippen LogP contribution is 2.17. The SMILES string of the molecule is CCCc1nnc(NC(=O)CCNS(=O)(=O)c2ccc([N+](=O)[O-])cc2)s1. The maximum atomic E-state index is 12.1. The van der Waals surface area contributed by atoms with Crippen LogP contribution in [-0.2, 0) is 21.2 Å². The van der Waals surface area contributed by atoms with Crippen LogP contribution in [0.1, 0.15) is 24.8 Å². The normalized spacial score (nSPS) is 11.3. The molecule has 1 aromatic carbocycles. The van der Waals surface area contributed by atoms with Crippen LogP contribution >= 0.6 is 11.3 Å². The number of nitrogens with zero attached hydrogens (tertiary/aromatic N) is 3. The maximum Gasteiger partial charge on any atom is 0.269 e.